The second kappa shape index (κ2) is 4.56. The van der Waals surface area contributed by atoms with Crippen molar-refractivity contribution in [2.45, 2.75) is 6.92 Å². The smallest absolute Gasteiger partial charge is 0.308 e. The summed E-state index contributed by atoms with van der Waals surface area (Å²) in [7, 11) is 0. The summed E-state index contributed by atoms with van der Waals surface area (Å²) in [4.78, 5) is 10.3. The van der Waals surface area contributed by atoms with Crippen LogP contribution < -0.4 is 0 Å². The van der Waals surface area contributed by atoms with Crippen molar-refractivity contribution in [3.8, 4) is 0 Å². The summed E-state index contributed by atoms with van der Waals surface area (Å²) >= 11 is 0. The molecule has 0 saturated heterocycles. The van der Waals surface area contributed by atoms with E-state index in [0.29, 0.717) is 5.76 Å². The number of carbonyl (C=O) groups is 1. The van der Waals surface area contributed by atoms with Crippen molar-refractivity contribution >= 4 is 5.97 Å². The Labute approximate surface area is 60.5 Å². The molecule has 2 heteroatoms. The van der Waals surface area contributed by atoms with Crippen molar-refractivity contribution in [3.63, 3.8) is 0 Å². The molecule has 0 aliphatic rings. The first-order chi connectivity index (χ1) is 4.66. The molecule has 0 aromatic carbocycles. The molecule has 0 aliphatic heterocycles. The van der Waals surface area contributed by atoms with E-state index >= 15 is 0 Å². The molecule has 10 heavy (non-hydrogen) atoms. The van der Waals surface area contributed by atoms with Crippen LogP contribution in [0.2, 0.25) is 0 Å². The summed E-state index contributed by atoms with van der Waals surface area (Å²) in [5.41, 5.74) is 0. The van der Waals surface area contributed by atoms with Gasteiger partial charge in [-0.2, -0.15) is 0 Å². The van der Waals surface area contributed by atoms with Crippen molar-refractivity contribution in [3.05, 3.63) is 37.1 Å². The standard InChI is InChI=1S/C8H10O2/c1-4-5-6-7(2)10-8(3)9/h4-6H,1-2H2,3H3/b6-5+. The fourth-order valence-electron chi connectivity index (χ4n) is 0.394. The number of rotatable bonds is 3. The molecule has 0 aromatic rings. The van der Waals surface area contributed by atoms with Crippen molar-refractivity contribution < 1.29 is 9.53 Å². The van der Waals surface area contributed by atoms with Gasteiger partial charge in [0, 0.05) is 6.92 Å². The summed E-state index contributed by atoms with van der Waals surface area (Å²) in [6.07, 6.45) is 4.79. The van der Waals surface area contributed by atoms with Crippen LogP contribution in [0, 0.1) is 0 Å². The van der Waals surface area contributed by atoms with Gasteiger partial charge >= 0.3 is 5.97 Å². The van der Waals surface area contributed by atoms with Crippen LogP contribution in [0.15, 0.2) is 37.1 Å². The van der Waals surface area contributed by atoms with E-state index in [1.54, 1.807) is 18.2 Å². The molecule has 0 heterocycles. The maximum atomic E-state index is 10.3. The highest BCUT2D eigenvalue weighted by Crippen LogP contribution is 1.95. The van der Waals surface area contributed by atoms with E-state index < -0.39 is 0 Å². The monoisotopic (exact) mass is 138 g/mol. The largest absolute Gasteiger partial charge is 0.427 e. The fraction of sp³-hybridized carbons (Fsp3) is 0.125. The summed E-state index contributed by atoms with van der Waals surface area (Å²) in [5, 5.41) is 0. The summed E-state index contributed by atoms with van der Waals surface area (Å²) in [5.74, 6) is -0.0360. The maximum absolute atomic E-state index is 10.3. The maximum Gasteiger partial charge on any atom is 0.308 e. The topological polar surface area (TPSA) is 26.3 Å². The van der Waals surface area contributed by atoms with Gasteiger partial charge in [-0.3, -0.25) is 4.79 Å². The van der Waals surface area contributed by atoms with Gasteiger partial charge < -0.3 is 4.74 Å². The zero-order valence-electron chi connectivity index (χ0n) is 5.96. The Hall–Kier alpha value is -1.31. The lowest BCUT2D eigenvalue weighted by Crippen LogP contribution is -1.94. The van der Waals surface area contributed by atoms with E-state index in [4.69, 9.17) is 0 Å². The van der Waals surface area contributed by atoms with E-state index in [2.05, 4.69) is 17.9 Å². The van der Waals surface area contributed by atoms with E-state index in [1.165, 1.54) is 6.92 Å². The van der Waals surface area contributed by atoms with Crippen LogP contribution in [0.4, 0.5) is 0 Å². The molecule has 0 fully saturated rings. The Bertz CT molecular complexity index is 178. The number of esters is 1. The van der Waals surface area contributed by atoms with Crippen LogP contribution in [-0.2, 0) is 9.53 Å². The first kappa shape index (κ1) is 8.69. The average Bonchev–Trinajstić information content (AvgIpc) is 1.82. The Morgan fingerprint density at radius 3 is 2.60 bits per heavy atom. The molecule has 0 rings (SSSR count). The van der Waals surface area contributed by atoms with Gasteiger partial charge in [0.1, 0.15) is 5.76 Å². The molecule has 0 unspecified atom stereocenters. The molecular formula is C8H10O2. The van der Waals surface area contributed by atoms with Crippen LogP contribution in [0.5, 0.6) is 0 Å². The van der Waals surface area contributed by atoms with Gasteiger partial charge in [0.2, 0.25) is 0 Å². The number of hydrogen-bond acceptors (Lipinski definition) is 2. The normalized spacial score (nSPS) is 9.30. The second-order valence-corrected chi connectivity index (χ2v) is 1.65. The van der Waals surface area contributed by atoms with Gasteiger partial charge in [-0.05, 0) is 6.08 Å². The molecule has 0 radical (unpaired) electrons. The lowest BCUT2D eigenvalue weighted by Gasteiger charge is -1.96. The third-order valence-electron chi connectivity index (χ3n) is 0.693. The third kappa shape index (κ3) is 4.84. The quantitative estimate of drug-likeness (QED) is 0.337. The molecule has 2 nitrogen and oxygen atoms in total. The van der Waals surface area contributed by atoms with E-state index in [0.717, 1.165) is 0 Å². The van der Waals surface area contributed by atoms with Gasteiger partial charge in [0.25, 0.3) is 0 Å². The summed E-state index contributed by atoms with van der Waals surface area (Å²) < 4.78 is 4.58. The minimum absolute atomic E-state index is 0.326. The van der Waals surface area contributed by atoms with Crippen LogP contribution >= 0.6 is 0 Å². The Morgan fingerprint density at radius 2 is 2.20 bits per heavy atom. The first-order valence-corrected chi connectivity index (χ1v) is 2.83. The summed E-state index contributed by atoms with van der Waals surface area (Å²) in [6.45, 7) is 8.22. The van der Waals surface area contributed by atoms with E-state index in [-0.39, 0.29) is 5.97 Å². The van der Waals surface area contributed by atoms with Crippen LogP contribution in [0.3, 0.4) is 0 Å². The number of ether oxygens (including phenoxy) is 1. The van der Waals surface area contributed by atoms with Crippen molar-refractivity contribution in [1.29, 1.82) is 0 Å². The van der Waals surface area contributed by atoms with Gasteiger partial charge in [-0.1, -0.05) is 25.3 Å². The lowest BCUT2D eigenvalue weighted by atomic mass is 10.4. The number of allylic oxidation sites excluding steroid dienone is 3. The van der Waals surface area contributed by atoms with Gasteiger partial charge in [-0.15, -0.1) is 0 Å². The molecule has 0 N–H and O–H groups in total. The zero-order valence-corrected chi connectivity index (χ0v) is 5.96. The molecule has 0 spiro atoms. The Kier molecular flexibility index (Phi) is 3.96. The minimum atomic E-state index is -0.362. The van der Waals surface area contributed by atoms with E-state index in [1.807, 2.05) is 0 Å². The third-order valence-corrected chi connectivity index (χ3v) is 0.693. The molecule has 0 bridgehead atoms. The number of carbonyl (C=O) groups excluding carboxylic acids is 1. The van der Waals surface area contributed by atoms with Gasteiger partial charge in [0.15, 0.2) is 0 Å². The van der Waals surface area contributed by atoms with Crippen molar-refractivity contribution in [2.75, 3.05) is 0 Å². The van der Waals surface area contributed by atoms with Crippen LogP contribution in [0.25, 0.3) is 0 Å². The molecule has 0 saturated carbocycles. The van der Waals surface area contributed by atoms with Crippen molar-refractivity contribution in [2.24, 2.45) is 0 Å². The van der Waals surface area contributed by atoms with Gasteiger partial charge in [-0.25, -0.2) is 0 Å². The van der Waals surface area contributed by atoms with Crippen LogP contribution in [-0.4, -0.2) is 5.97 Å². The highest BCUT2D eigenvalue weighted by atomic mass is 16.5. The predicted molar refractivity (Wildman–Crippen MR) is 40.2 cm³/mol. The Balaban J connectivity index is 3.75. The van der Waals surface area contributed by atoms with Gasteiger partial charge in [0.05, 0.1) is 0 Å². The molecule has 0 amide bonds. The SMILES string of the molecule is C=C/C=C/C(=C)OC(C)=O. The van der Waals surface area contributed by atoms with Crippen molar-refractivity contribution in [1.82, 2.24) is 0 Å². The summed E-state index contributed by atoms with van der Waals surface area (Å²) in [6, 6.07) is 0. The lowest BCUT2D eigenvalue weighted by molar-refractivity contribution is -0.136. The van der Waals surface area contributed by atoms with E-state index in [9.17, 15) is 4.79 Å². The zero-order chi connectivity index (χ0) is 7.98. The fourth-order valence-corrected chi connectivity index (χ4v) is 0.394. The number of hydrogen-bond donors (Lipinski definition) is 0. The first-order valence-electron chi connectivity index (χ1n) is 2.83. The predicted octanol–water partition coefficient (Wildman–Crippen LogP) is 1.81. The molecule has 0 aromatic heterocycles. The molecular weight excluding hydrogens is 128 g/mol. The molecule has 0 atom stereocenters. The average molecular weight is 138 g/mol. The highest BCUT2D eigenvalue weighted by molar-refractivity contribution is 5.67. The molecule has 0 aliphatic carbocycles. The minimum Gasteiger partial charge on any atom is -0.427 e. The second-order valence-electron chi connectivity index (χ2n) is 1.65. The van der Waals surface area contributed by atoms with Crippen LogP contribution in [0.1, 0.15) is 6.92 Å². The molecule has 54 valence electrons. The Morgan fingerprint density at radius 1 is 1.60 bits per heavy atom. The highest BCUT2D eigenvalue weighted by Gasteiger charge is 1.91.